The van der Waals surface area contributed by atoms with Crippen molar-refractivity contribution in [3.63, 3.8) is 0 Å². The number of esters is 2. The molecular weight excluding hydrogens is 564 g/mol. The molecule has 4 aliphatic rings. The Hall–Kier alpha value is -2.86. The molecule has 0 saturated carbocycles. The first-order valence-electron chi connectivity index (χ1n) is 15.7. The minimum atomic E-state index is -0.636. The molecule has 0 aromatic heterocycles. The van der Waals surface area contributed by atoms with Crippen molar-refractivity contribution in [1.82, 2.24) is 9.80 Å². The topological polar surface area (TPSA) is 140 Å². The van der Waals surface area contributed by atoms with E-state index in [1.807, 2.05) is 74.8 Å². The summed E-state index contributed by atoms with van der Waals surface area (Å²) in [6, 6.07) is 19.1. The summed E-state index contributed by atoms with van der Waals surface area (Å²) in [4.78, 5) is 29.1. The van der Waals surface area contributed by atoms with Gasteiger partial charge in [-0.2, -0.15) is 0 Å². The van der Waals surface area contributed by atoms with Gasteiger partial charge in [0.1, 0.15) is 24.0 Å². The molecule has 10 heteroatoms. The highest BCUT2D eigenvalue weighted by Crippen LogP contribution is 2.37. The Bertz CT molecular complexity index is 1140. The number of ether oxygens (including phenoxy) is 2. The van der Waals surface area contributed by atoms with E-state index < -0.39 is 11.8 Å². The zero-order valence-corrected chi connectivity index (χ0v) is 25.5. The molecule has 4 heterocycles. The van der Waals surface area contributed by atoms with Crippen LogP contribution in [0.4, 0.5) is 0 Å². The van der Waals surface area contributed by atoms with Crippen LogP contribution in [-0.4, -0.2) is 118 Å². The summed E-state index contributed by atoms with van der Waals surface area (Å²) in [5.41, 5.74) is 1.54. The number of rotatable bonds is 8. The van der Waals surface area contributed by atoms with Crippen LogP contribution in [0.1, 0.15) is 61.5 Å². The third-order valence-corrected chi connectivity index (χ3v) is 10.1. The van der Waals surface area contributed by atoms with Gasteiger partial charge in [0.2, 0.25) is 0 Å². The van der Waals surface area contributed by atoms with Gasteiger partial charge in [-0.25, -0.2) is 0 Å². The molecule has 4 bridgehead atoms. The van der Waals surface area contributed by atoms with E-state index in [0.29, 0.717) is 12.8 Å². The van der Waals surface area contributed by atoms with E-state index in [2.05, 4.69) is 9.80 Å². The minimum Gasteiger partial charge on any atom is -0.462 e. The third kappa shape index (κ3) is 7.17. The highest BCUT2D eigenvalue weighted by atomic mass is 16.5. The van der Waals surface area contributed by atoms with E-state index in [9.17, 15) is 30.0 Å². The van der Waals surface area contributed by atoms with Gasteiger partial charge in [0.15, 0.2) is 0 Å². The Balaban J connectivity index is 0.000000175. The van der Waals surface area contributed by atoms with Crippen LogP contribution in [0.5, 0.6) is 0 Å². The van der Waals surface area contributed by atoms with Crippen molar-refractivity contribution in [2.75, 3.05) is 27.3 Å². The summed E-state index contributed by atoms with van der Waals surface area (Å²) in [5.74, 6) is -2.03. The average molecular weight is 611 g/mol. The van der Waals surface area contributed by atoms with Crippen LogP contribution in [0.15, 0.2) is 60.7 Å². The van der Waals surface area contributed by atoms with Crippen LogP contribution in [0, 0.1) is 0 Å². The number of aliphatic hydroxyl groups excluding tert-OH is 4. The summed E-state index contributed by atoms with van der Waals surface area (Å²) < 4.78 is 11.3. The van der Waals surface area contributed by atoms with Gasteiger partial charge in [-0.1, -0.05) is 60.7 Å². The Morgan fingerprint density at radius 1 is 0.659 bits per heavy atom. The molecule has 240 valence electrons. The number of hydrogen-bond donors (Lipinski definition) is 4. The Morgan fingerprint density at radius 3 is 1.34 bits per heavy atom. The standard InChI is InChI=1S/2C17H23NO4/c2*1-18-12-7-13(9-15(18)16(20)8-12)22-17(21)14(10-19)11-5-3-2-4-6-11/h2*2-6,12-16,19-20H,7-10H2,1H3/t12-,13-,14+,15+,16?;12-,13-,14-,15+,16?/m01/s1. The fourth-order valence-corrected chi connectivity index (χ4v) is 7.49. The summed E-state index contributed by atoms with van der Waals surface area (Å²) in [6.45, 7) is -0.518. The van der Waals surface area contributed by atoms with Crippen LogP contribution in [0.25, 0.3) is 0 Å². The van der Waals surface area contributed by atoms with Crippen molar-refractivity contribution in [3.05, 3.63) is 71.8 Å². The van der Waals surface area contributed by atoms with Gasteiger partial charge >= 0.3 is 11.9 Å². The van der Waals surface area contributed by atoms with Crippen molar-refractivity contribution in [1.29, 1.82) is 0 Å². The molecule has 4 N–H and O–H groups in total. The Kier molecular flexibility index (Phi) is 10.7. The number of aliphatic hydroxyl groups is 4. The largest absolute Gasteiger partial charge is 0.462 e. The molecule has 2 aromatic rings. The molecule has 4 aliphatic heterocycles. The van der Waals surface area contributed by atoms with Gasteiger partial charge in [-0.15, -0.1) is 0 Å². The van der Waals surface area contributed by atoms with Crippen LogP contribution in [0.3, 0.4) is 0 Å². The highest BCUT2D eigenvalue weighted by molar-refractivity contribution is 5.79. The average Bonchev–Trinajstić information content (AvgIpc) is 3.26. The number of benzene rings is 2. The number of fused-ring (bicyclic) bond motifs is 4. The maximum atomic E-state index is 12.4. The predicted octanol–water partition coefficient (Wildman–Crippen LogP) is 1.80. The molecule has 0 aliphatic carbocycles. The minimum absolute atomic E-state index is 0.0702. The highest BCUT2D eigenvalue weighted by Gasteiger charge is 2.46. The smallest absolute Gasteiger partial charge is 0.316 e. The third-order valence-electron chi connectivity index (χ3n) is 10.1. The SMILES string of the molecule is CN1[C@@H]2CC(O)[C@H]1C[C@@H](OC(=O)[C@H](CO)c1ccccc1)C2.CN1[C@H]2CC(O)[C@@H]1C[C@H](OC(=O)[C@H](CO)c1ccccc1)C2. The lowest BCUT2D eigenvalue weighted by atomic mass is 9.98. The van der Waals surface area contributed by atoms with Gasteiger partial charge in [-0.3, -0.25) is 19.4 Å². The molecule has 2 unspecified atom stereocenters. The summed E-state index contributed by atoms with van der Waals surface area (Å²) in [5, 5.41) is 39.1. The van der Waals surface area contributed by atoms with E-state index in [-0.39, 0.29) is 73.7 Å². The lowest BCUT2D eigenvalue weighted by molar-refractivity contribution is -0.156. The first kappa shape index (κ1) is 32.5. The number of likely N-dealkylation sites (N-methyl/N-ethyl adjacent to an activating group) is 2. The van der Waals surface area contributed by atoms with Crippen molar-refractivity contribution in [2.24, 2.45) is 0 Å². The van der Waals surface area contributed by atoms with Gasteiger partial charge in [0.05, 0.1) is 25.4 Å². The first-order chi connectivity index (χ1) is 21.2. The van der Waals surface area contributed by atoms with Crippen molar-refractivity contribution >= 4 is 11.9 Å². The van der Waals surface area contributed by atoms with E-state index >= 15 is 0 Å². The van der Waals surface area contributed by atoms with E-state index in [1.165, 1.54) is 0 Å². The van der Waals surface area contributed by atoms with Crippen molar-refractivity contribution < 1.29 is 39.5 Å². The molecule has 10 atom stereocenters. The number of hydrogen-bond acceptors (Lipinski definition) is 10. The zero-order valence-electron chi connectivity index (χ0n) is 25.5. The molecular formula is C34H46N2O8. The summed E-state index contributed by atoms with van der Waals surface area (Å²) >= 11 is 0. The van der Waals surface area contributed by atoms with Crippen molar-refractivity contribution in [3.8, 4) is 0 Å². The molecule has 10 nitrogen and oxygen atoms in total. The van der Waals surface area contributed by atoms with Crippen molar-refractivity contribution in [2.45, 2.75) is 98.9 Å². The van der Waals surface area contributed by atoms with Gasteiger partial charge in [0, 0.05) is 49.9 Å². The number of piperidine rings is 2. The Labute approximate surface area is 259 Å². The first-order valence-corrected chi connectivity index (χ1v) is 15.7. The maximum absolute atomic E-state index is 12.4. The van der Waals surface area contributed by atoms with Gasteiger partial charge in [-0.05, 0) is 38.1 Å². The zero-order chi connectivity index (χ0) is 31.4. The Morgan fingerprint density at radius 2 is 1.02 bits per heavy atom. The van der Waals surface area contributed by atoms with Crippen LogP contribution >= 0.6 is 0 Å². The number of nitrogens with zero attached hydrogens (tertiary/aromatic N) is 2. The maximum Gasteiger partial charge on any atom is 0.316 e. The van der Waals surface area contributed by atoms with Crippen LogP contribution < -0.4 is 0 Å². The molecule has 44 heavy (non-hydrogen) atoms. The van der Waals surface area contributed by atoms with Gasteiger partial charge < -0.3 is 29.9 Å². The van der Waals surface area contributed by atoms with Crippen LogP contribution in [-0.2, 0) is 19.1 Å². The molecule has 0 amide bonds. The molecule has 6 rings (SSSR count). The lowest BCUT2D eigenvalue weighted by Gasteiger charge is -2.36. The van der Waals surface area contributed by atoms with Gasteiger partial charge in [0.25, 0.3) is 0 Å². The van der Waals surface area contributed by atoms with E-state index in [1.54, 1.807) is 0 Å². The van der Waals surface area contributed by atoms with Crippen LogP contribution in [0.2, 0.25) is 0 Å². The summed E-state index contributed by atoms with van der Waals surface area (Å²) in [6.07, 6.45) is 3.31. The molecule has 0 spiro atoms. The second-order valence-electron chi connectivity index (χ2n) is 12.7. The fraction of sp³-hybridized carbons (Fsp3) is 0.588. The lowest BCUT2D eigenvalue weighted by Crippen LogP contribution is -2.45. The molecule has 0 radical (unpaired) electrons. The second-order valence-corrected chi connectivity index (χ2v) is 12.7. The number of carbonyl (C=O) groups is 2. The van der Waals surface area contributed by atoms with E-state index in [4.69, 9.17) is 9.47 Å². The predicted molar refractivity (Wildman–Crippen MR) is 163 cm³/mol. The molecule has 2 aromatic carbocycles. The monoisotopic (exact) mass is 610 g/mol. The molecule has 4 fully saturated rings. The molecule has 4 saturated heterocycles. The fourth-order valence-electron chi connectivity index (χ4n) is 7.49. The quantitative estimate of drug-likeness (QED) is 0.327. The number of carbonyl (C=O) groups excluding carboxylic acids is 2. The normalized spacial score (nSPS) is 32.7. The second kappa shape index (κ2) is 14.5. The van der Waals surface area contributed by atoms with E-state index in [0.717, 1.165) is 36.8 Å². The summed E-state index contributed by atoms with van der Waals surface area (Å²) in [7, 11) is 4.04.